The normalized spacial score (nSPS) is 23.5. The molecule has 0 radical (unpaired) electrons. The van der Waals surface area contributed by atoms with Gasteiger partial charge in [0.1, 0.15) is 5.82 Å². The SMILES string of the molecule is Nc1ccc(CN2CC3(COC3)C2)nn1. The molecule has 2 saturated heterocycles. The van der Waals surface area contributed by atoms with Gasteiger partial charge in [-0.05, 0) is 12.1 Å². The molecule has 0 aliphatic carbocycles. The van der Waals surface area contributed by atoms with E-state index >= 15 is 0 Å². The Morgan fingerprint density at radius 1 is 1.33 bits per heavy atom. The molecule has 3 rings (SSSR count). The zero-order chi connectivity index (χ0) is 10.3. The fraction of sp³-hybridized carbons (Fsp3) is 0.600. The summed E-state index contributed by atoms with van der Waals surface area (Å²) in [6.07, 6.45) is 0. The second-order valence-electron chi connectivity index (χ2n) is 4.59. The minimum absolute atomic E-state index is 0.473. The van der Waals surface area contributed by atoms with Gasteiger partial charge in [0.05, 0.1) is 18.9 Å². The monoisotopic (exact) mass is 206 g/mol. The summed E-state index contributed by atoms with van der Waals surface area (Å²) >= 11 is 0. The molecular formula is C10H14N4O. The van der Waals surface area contributed by atoms with Crippen LogP contribution in [0.4, 0.5) is 5.82 Å². The van der Waals surface area contributed by atoms with Crippen molar-refractivity contribution in [2.24, 2.45) is 5.41 Å². The van der Waals surface area contributed by atoms with Crippen molar-refractivity contribution in [3.05, 3.63) is 17.8 Å². The fourth-order valence-corrected chi connectivity index (χ4v) is 2.27. The van der Waals surface area contributed by atoms with E-state index in [0.29, 0.717) is 11.2 Å². The molecule has 5 heteroatoms. The van der Waals surface area contributed by atoms with E-state index in [2.05, 4.69) is 15.1 Å². The van der Waals surface area contributed by atoms with Gasteiger partial charge in [-0.25, -0.2) is 0 Å². The topological polar surface area (TPSA) is 64.3 Å². The molecule has 0 amide bonds. The number of anilines is 1. The lowest BCUT2D eigenvalue weighted by molar-refractivity contribution is -0.191. The van der Waals surface area contributed by atoms with Crippen molar-refractivity contribution < 1.29 is 4.74 Å². The molecule has 0 atom stereocenters. The van der Waals surface area contributed by atoms with Gasteiger partial charge in [-0.2, -0.15) is 5.10 Å². The molecule has 1 aromatic heterocycles. The molecule has 2 fully saturated rings. The highest BCUT2D eigenvalue weighted by Gasteiger charge is 2.48. The van der Waals surface area contributed by atoms with Crippen molar-refractivity contribution in [3.8, 4) is 0 Å². The van der Waals surface area contributed by atoms with E-state index in [9.17, 15) is 0 Å². The molecule has 15 heavy (non-hydrogen) atoms. The minimum Gasteiger partial charge on any atom is -0.382 e. The predicted octanol–water partition coefficient (Wildman–Crippen LogP) is -0.109. The maximum atomic E-state index is 5.47. The van der Waals surface area contributed by atoms with E-state index in [-0.39, 0.29) is 0 Å². The lowest BCUT2D eigenvalue weighted by atomic mass is 9.78. The standard InChI is InChI=1S/C10H14N4O/c11-9-2-1-8(12-13-9)3-14-4-10(5-14)6-15-7-10/h1-2H,3-7H2,(H2,11,13). The van der Waals surface area contributed by atoms with Gasteiger partial charge in [-0.3, -0.25) is 4.90 Å². The van der Waals surface area contributed by atoms with Crippen LogP contribution in [0.5, 0.6) is 0 Å². The first-order chi connectivity index (χ1) is 7.26. The molecule has 2 aliphatic heterocycles. The Bertz CT molecular complexity index is 352. The number of ether oxygens (including phenoxy) is 1. The quantitative estimate of drug-likeness (QED) is 0.731. The third-order valence-corrected chi connectivity index (χ3v) is 3.06. The molecule has 0 unspecified atom stereocenters. The largest absolute Gasteiger partial charge is 0.382 e. The zero-order valence-corrected chi connectivity index (χ0v) is 8.52. The van der Waals surface area contributed by atoms with Gasteiger partial charge in [0.2, 0.25) is 0 Å². The highest BCUT2D eigenvalue weighted by atomic mass is 16.5. The van der Waals surface area contributed by atoms with Gasteiger partial charge < -0.3 is 10.5 Å². The second kappa shape index (κ2) is 3.15. The average molecular weight is 206 g/mol. The molecule has 0 bridgehead atoms. The second-order valence-corrected chi connectivity index (χ2v) is 4.59. The van der Waals surface area contributed by atoms with E-state index < -0.39 is 0 Å². The lowest BCUT2D eigenvalue weighted by Gasteiger charge is -2.55. The van der Waals surface area contributed by atoms with Crippen LogP contribution in [0.15, 0.2) is 12.1 Å². The first-order valence-electron chi connectivity index (χ1n) is 5.14. The summed E-state index contributed by atoms with van der Waals surface area (Å²) in [5, 5.41) is 7.88. The summed E-state index contributed by atoms with van der Waals surface area (Å²) < 4.78 is 5.22. The van der Waals surface area contributed by atoms with Gasteiger partial charge in [0.25, 0.3) is 0 Å². The number of hydrogen-bond acceptors (Lipinski definition) is 5. The Balaban J connectivity index is 1.56. The first-order valence-corrected chi connectivity index (χ1v) is 5.14. The van der Waals surface area contributed by atoms with Gasteiger partial charge in [-0.15, -0.1) is 5.10 Å². The van der Waals surface area contributed by atoms with Gasteiger partial charge in [0, 0.05) is 25.0 Å². The Hall–Kier alpha value is -1.20. The van der Waals surface area contributed by atoms with Crippen LogP contribution in [0.2, 0.25) is 0 Å². The minimum atomic E-state index is 0.473. The van der Waals surface area contributed by atoms with Gasteiger partial charge in [-0.1, -0.05) is 0 Å². The number of likely N-dealkylation sites (tertiary alicyclic amines) is 1. The van der Waals surface area contributed by atoms with Crippen molar-refractivity contribution in [3.63, 3.8) is 0 Å². The number of hydrogen-bond donors (Lipinski definition) is 1. The molecule has 80 valence electrons. The maximum Gasteiger partial charge on any atom is 0.146 e. The predicted molar refractivity (Wildman–Crippen MR) is 55.0 cm³/mol. The Morgan fingerprint density at radius 2 is 2.13 bits per heavy atom. The van der Waals surface area contributed by atoms with Crippen LogP contribution in [-0.2, 0) is 11.3 Å². The van der Waals surface area contributed by atoms with Crippen LogP contribution in [0.1, 0.15) is 5.69 Å². The summed E-state index contributed by atoms with van der Waals surface area (Å²) in [6, 6.07) is 3.73. The van der Waals surface area contributed by atoms with E-state index in [1.165, 1.54) is 0 Å². The fourth-order valence-electron chi connectivity index (χ4n) is 2.27. The molecule has 1 spiro atoms. The van der Waals surface area contributed by atoms with Crippen LogP contribution in [0.25, 0.3) is 0 Å². The maximum absolute atomic E-state index is 5.47. The molecular weight excluding hydrogens is 192 g/mol. The van der Waals surface area contributed by atoms with Crippen molar-refractivity contribution in [2.75, 3.05) is 32.0 Å². The number of rotatable bonds is 2. The van der Waals surface area contributed by atoms with Crippen molar-refractivity contribution >= 4 is 5.82 Å². The van der Waals surface area contributed by atoms with Crippen molar-refractivity contribution in [1.82, 2.24) is 15.1 Å². The van der Waals surface area contributed by atoms with Crippen LogP contribution in [0.3, 0.4) is 0 Å². The van der Waals surface area contributed by atoms with Gasteiger partial charge in [0.15, 0.2) is 0 Å². The summed E-state index contributed by atoms with van der Waals surface area (Å²) in [5.41, 5.74) is 6.93. The summed E-state index contributed by atoms with van der Waals surface area (Å²) in [5.74, 6) is 0.478. The number of nitrogen functional groups attached to an aromatic ring is 1. The van der Waals surface area contributed by atoms with Crippen LogP contribution in [-0.4, -0.2) is 41.4 Å². The van der Waals surface area contributed by atoms with Gasteiger partial charge >= 0.3 is 0 Å². The summed E-state index contributed by atoms with van der Waals surface area (Å²) in [7, 11) is 0. The van der Waals surface area contributed by atoms with Crippen molar-refractivity contribution in [1.29, 1.82) is 0 Å². The summed E-state index contributed by atoms with van der Waals surface area (Å²) in [6.45, 7) is 4.97. The van der Waals surface area contributed by atoms with E-state index in [1.54, 1.807) is 6.07 Å². The molecule has 0 aromatic carbocycles. The lowest BCUT2D eigenvalue weighted by Crippen LogP contribution is -2.65. The van der Waals surface area contributed by atoms with Crippen LogP contribution < -0.4 is 5.73 Å². The van der Waals surface area contributed by atoms with E-state index in [1.807, 2.05) is 6.07 Å². The van der Waals surface area contributed by atoms with E-state index in [4.69, 9.17) is 10.5 Å². The van der Waals surface area contributed by atoms with Crippen LogP contribution in [0, 0.1) is 5.41 Å². The molecule has 5 nitrogen and oxygen atoms in total. The molecule has 2 N–H and O–H groups in total. The first kappa shape index (κ1) is 9.06. The average Bonchev–Trinajstić information content (AvgIpc) is 2.10. The molecule has 3 heterocycles. The Morgan fingerprint density at radius 3 is 2.67 bits per heavy atom. The third kappa shape index (κ3) is 1.57. The smallest absolute Gasteiger partial charge is 0.146 e. The Labute approximate surface area is 88.2 Å². The third-order valence-electron chi connectivity index (χ3n) is 3.06. The zero-order valence-electron chi connectivity index (χ0n) is 8.52. The number of aromatic nitrogens is 2. The van der Waals surface area contributed by atoms with Crippen molar-refractivity contribution in [2.45, 2.75) is 6.54 Å². The number of nitrogens with two attached hydrogens (primary N) is 1. The van der Waals surface area contributed by atoms with Crippen LogP contribution >= 0.6 is 0 Å². The Kier molecular flexibility index (Phi) is 1.90. The highest BCUT2D eigenvalue weighted by Crippen LogP contribution is 2.37. The van der Waals surface area contributed by atoms with E-state index in [0.717, 1.165) is 38.5 Å². The molecule has 2 aliphatic rings. The molecule has 1 aromatic rings. The highest BCUT2D eigenvalue weighted by molar-refractivity contribution is 5.25. The molecule has 0 saturated carbocycles. The number of nitrogens with zero attached hydrogens (tertiary/aromatic N) is 3. The summed E-state index contributed by atoms with van der Waals surface area (Å²) in [4.78, 5) is 2.36.